The Morgan fingerprint density at radius 1 is 1.53 bits per heavy atom. The van der Waals surface area contributed by atoms with Gasteiger partial charge in [-0.15, -0.1) is 0 Å². The van der Waals surface area contributed by atoms with Gasteiger partial charge in [-0.3, -0.25) is 4.79 Å². The van der Waals surface area contributed by atoms with Crippen molar-refractivity contribution < 1.29 is 9.53 Å². The molecular weight excluding hydrogens is 220 g/mol. The van der Waals surface area contributed by atoms with Gasteiger partial charge in [0.05, 0.1) is 12.6 Å². The Kier molecular flexibility index (Phi) is 4.52. The topological polar surface area (TPSA) is 79.0 Å². The molecule has 2 rings (SSSR count). The largest absolute Gasteiger partial charge is 0.368 e. The summed E-state index contributed by atoms with van der Waals surface area (Å²) in [4.78, 5) is 18.4. The van der Waals surface area contributed by atoms with Crippen molar-refractivity contribution in [1.82, 2.24) is 20.6 Å². The van der Waals surface area contributed by atoms with Gasteiger partial charge in [0.25, 0.3) is 0 Å². The summed E-state index contributed by atoms with van der Waals surface area (Å²) >= 11 is 0. The van der Waals surface area contributed by atoms with Crippen LogP contribution in [0.1, 0.15) is 18.7 Å². The molecule has 1 aromatic rings. The van der Waals surface area contributed by atoms with Crippen molar-refractivity contribution in [2.24, 2.45) is 0 Å². The molecule has 0 unspecified atom stereocenters. The van der Waals surface area contributed by atoms with Crippen molar-refractivity contribution >= 4 is 5.91 Å². The van der Waals surface area contributed by atoms with Gasteiger partial charge in [0.1, 0.15) is 12.4 Å². The number of rotatable bonds is 5. The monoisotopic (exact) mass is 238 g/mol. The number of H-pyrrole nitrogens is 1. The maximum atomic E-state index is 11.5. The average molecular weight is 238 g/mol. The van der Waals surface area contributed by atoms with Crippen LogP contribution >= 0.6 is 0 Å². The van der Waals surface area contributed by atoms with E-state index in [1.807, 2.05) is 0 Å². The lowest BCUT2D eigenvalue weighted by Crippen LogP contribution is -2.35. The predicted molar refractivity (Wildman–Crippen MR) is 62.3 cm³/mol. The summed E-state index contributed by atoms with van der Waals surface area (Å²) in [6, 6.07) is 0. The predicted octanol–water partition coefficient (Wildman–Crippen LogP) is -0.205. The molecule has 94 valence electrons. The van der Waals surface area contributed by atoms with E-state index in [-0.39, 0.29) is 18.6 Å². The normalized spacial score (nSPS) is 16.9. The minimum atomic E-state index is -0.0973. The fraction of sp³-hybridized carbons (Fsp3) is 0.636. The van der Waals surface area contributed by atoms with E-state index in [9.17, 15) is 4.79 Å². The second-order valence-electron chi connectivity index (χ2n) is 4.07. The molecular formula is C11H18N4O2. The molecule has 6 nitrogen and oxygen atoms in total. The van der Waals surface area contributed by atoms with Crippen LogP contribution in [0.2, 0.25) is 0 Å². The molecule has 0 spiro atoms. The van der Waals surface area contributed by atoms with E-state index in [2.05, 4.69) is 20.6 Å². The van der Waals surface area contributed by atoms with Crippen LogP contribution in [-0.2, 0) is 16.1 Å². The molecule has 2 heterocycles. The Bertz CT molecular complexity index is 333. The van der Waals surface area contributed by atoms with Crippen LogP contribution in [0.15, 0.2) is 12.4 Å². The Morgan fingerprint density at radius 3 is 3.06 bits per heavy atom. The number of nitrogens with zero attached hydrogens (tertiary/aromatic N) is 1. The Balaban J connectivity index is 1.60. The molecule has 0 aromatic carbocycles. The van der Waals surface area contributed by atoms with Crippen LogP contribution in [0.3, 0.4) is 0 Å². The molecule has 17 heavy (non-hydrogen) atoms. The zero-order valence-electron chi connectivity index (χ0n) is 9.74. The minimum absolute atomic E-state index is 0.0973. The highest BCUT2D eigenvalue weighted by atomic mass is 16.5. The number of aromatic amines is 1. The molecule has 0 bridgehead atoms. The van der Waals surface area contributed by atoms with E-state index in [4.69, 9.17) is 4.74 Å². The summed E-state index contributed by atoms with van der Waals surface area (Å²) in [5.41, 5.74) is 0. The van der Waals surface area contributed by atoms with Crippen molar-refractivity contribution in [2.45, 2.75) is 25.5 Å². The average Bonchev–Trinajstić information content (AvgIpc) is 2.88. The second kappa shape index (κ2) is 6.36. The zero-order chi connectivity index (χ0) is 11.9. The first-order chi connectivity index (χ1) is 8.34. The van der Waals surface area contributed by atoms with Gasteiger partial charge in [0, 0.05) is 12.4 Å². The van der Waals surface area contributed by atoms with Crippen molar-refractivity contribution in [3.63, 3.8) is 0 Å². The number of hydrogen-bond donors (Lipinski definition) is 3. The van der Waals surface area contributed by atoms with E-state index < -0.39 is 0 Å². The molecule has 0 atom stereocenters. The number of piperidine rings is 1. The number of ether oxygens (including phenoxy) is 1. The van der Waals surface area contributed by atoms with E-state index in [0.717, 1.165) is 31.8 Å². The number of aromatic nitrogens is 2. The summed E-state index contributed by atoms with van der Waals surface area (Å²) in [6.07, 6.45) is 5.56. The molecule has 1 saturated heterocycles. The number of carbonyl (C=O) groups is 1. The highest BCUT2D eigenvalue weighted by molar-refractivity contribution is 5.77. The van der Waals surface area contributed by atoms with Gasteiger partial charge in [0.15, 0.2) is 0 Å². The summed E-state index contributed by atoms with van der Waals surface area (Å²) in [7, 11) is 0. The fourth-order valence-corrected chi connectivity index (χ4v) is 1.78. The number of nitrogens with one attached hydrogen (secondary N) is 3. The molecule has 3 N–H and O–H groups in total. The molecule has 1 aliphatic heterocycles. The van der Waals surface area contributed by atoms with Crippen LogP contribution in [0, 0.1) is 0 Å². The first-order valence-corrected chi connectivity index (χ1v) is 5.92. The zero-order valence-corrected chi connectivity index (χ0v) is 9.74. The first-order valence-electron chi connectivity index (χ1n) is 5.92. The summed E-state index contributed by atoms with van der Waals surface area (Å²) in [6.45, 7) is 2.49. The van der Waals surface area contributed by atoms with Crippen molar-refractivity contribution in [2.75, 3.05) is 19.7 Å². The van der Waals surface area contributed by atoms with Crippen LogP contribution in [0.25, 0.3) is 0 Å². The first kappa shape index (κ1) is 12.1. The van der Waals surface area contributed by atoms with Gasteiger partial charge in [-0.25, -0.2) is 4.98 Å². The summed E-state index contributed by atoms with van der Waals surface area (Å²) in [5, 5.41) is 6.00. The lowest BCUT2D eigenvalue weighted by Gasteiger charge is -2.22. The van der Waals surface area contributed by atoms with Gasteiger partial charge in [-0.1, -0.05) is 0 Å². The maximum Gasteiger partial charge on any atom is 0.246 e. The van der Waals surface area contributed by atoms with E-state index in [0.29, 0.717) is 6.54 Å². The summed E-state index contributed by atoms with van der Waals surface area (Å²) in [5.74, 6) is 0.653. The van der Waals surface area contributed by atoms with Gasteiger partial charge >= 0.3 is 0 Å². The van der Waals surface area contributed by atoms with E-state index in [1.165, 1.54) is 0 Å². The maximum absolute atomic E-state index is 11.5. The Morgan fingerprint density at radius 2 is 2.35 bits per heavy atom. The van der Waals surface area contributed by atoms with Gasteiger partial charge in [0.2, 0.25) is 5.91 Å². The van der Waals surface area contributed by atoms with Gasteiger partial charge in [-0.05, 0) is 25.9 Å². The lowest BCUT2D eigenvalue weighted by molar-refractivity contribution is -0.128. The molecule has 1 fully saturated rings. The fourth-order valence-electron chi connectivity index (χ4n) is 1.78. The van der Waals surface area contributed by atoms with Crippen LogP contribution in [0.4, 0.5) is 0 Å². The molecule has 0 radical (unpaired) electrons. The van der Waals surface area contributed by atoms with Gasteiger partial charge < -0.3 is 20.4 Å². The number of carbonyl (C=O) groups excluding carboxylic acids is 1. The Labute approximate surface area is 100 Å². The molecule has 1 amide bonds. The minimum Gasteiger partial charge on any atom is -0.368 e. The highest BCUT2D eigenvalue weighted by Crippen LogP contribution is 2.06. The number of amides is 1. The van der Waals surface area contributed by atoms with Crippen LogP contribution < -0.4 is 10.6 Å². The van der Waals surface area contributed by atoms with Gasteiger partial charge in [-0.2, -0.15) is 0 Å². The van der Waals surface area contributed by atoms with Crippen LogP contribution in [-0.4, -0.2) is 41.7 Å². The van der Waals surface area contributed by atoms with Crippen molar-refractivity contribution in [1.29, 1.82) is 0 Å². The molecule has 0 aliphatic carbocycles. The van der Waals surface area contributed by atoms with E-state index in [1.54, 1.807) is 12.4 Å². The van der Waals surface area contributed by atoms with E-state index >= 15 is 0 Å². The lowest BCUT2D eigenvalue weighted by atomic mass is 10.1. The quantitative estimate of drug-likeness (QED) is 0.663. The number of hydrogen-bond acceptors (Lipinski definition) is 4. The third-order valence-corrected chi connectivity index (χ3v) is 2.74. The third kappa shape index (κ3) is 4.16. The highest BCUT2D eigenvalue weighted by Gasteiger charge is 2.14. The second-order valence-corrected chi connectivity index (χ2v) is 4.07. The smallest absolute Gasteiger partial charge is 0.246 e. The van der Waals surface area contributed by atoms with Crippen LogP contribution in [0.5, 0.6) is 0 Å². The van der Waals surface area contributed by atoms with Crippen molar-refractivity contribution in [3.05, 3.63) is 18.2 Å². The molecule has 0 saturated carbocycles. The van der Waals surface area contributed by atoms with Crippen molar-refractivity contribution in [3.8, 4) is 0 Å². The third-order valence-electron chi connectivity index (χ3n) is 2.74. The number of imidazole rings is 1. The molecule has 1 aliphatic rings. The summed E-state index contributed by atoms with van der Waals surface area (Å²) < 4.78 is 5.53. The molecule has 1 aromatic heterocycles. The standard InChI is InChI=1S/C11H18N4O2/c16-11(15-7-10-13-5-6-14-10)8-17-9-1-3-12-4-2-9/h5-6,9,12H,1-4,7-8H2,(H,13,14)(H,15,16). The Hall–Kier alpha value is -1.40. The SMILES string of the molecule is O=C(COC1CCNCC1)NCc1ncc[nH]1. The molecule has 6 heteroatoms.